The van der Waals surface area contributed by atoms with Crippen molar-refractivity contribution in [3.8, 4) is 0 Å². The van der Waals surface area contributed by atoms with Gasteiger partial charge < -0.3 is 20.3 Å². The van der Waals surface area contributed by atoms with Crippen LogP contribution < -0.4 is 0 Å². The number of aliphatic hydroxyl groups is 2. The molecule has 6 nitrogen and oxygen atoms in total. The summed E-state index contributed by atoms with van der Waals surface area (Å²) in [5.74, 6) is -3.67. The lowest BCUT2D eigenvalue weighted by molar-refractivity contribution is -0.189. The largest absolute Gasteiger partial charge is 0.481 e. The van der Waals surface area contributed by atoms with Gasteiger partial charge in [-0.3, -0.25) is 4.79 Å². The molecule has 0 atom stereocenters. The van der Waals surface area contributed by atoms with Crippen molar-refractivity contribution in [1.29, 1.82) is 0 Å². The fourth-order valence-electron chi connectivity index (χ4n) is 0.781. The van der Waals surface area contributed by atoms with Gasteiger partial charge >= 0.3 is 5.97 Å². The zero-order valence-corrected chi connectivity index (χ0v) is 6.06. The first-order chi connectivity index (χ1) is 5.52. The number of H-pyrrole nitrogens is 1. The molecule has 1 heterocycles. The summed E-state index contributed by atoms with van der Waals surface area (Å²) in [4.78, 5) is 16.1. The Hall–Kier alpha value is -1.40. The summed E-state index contributed by atoms with van der Waals surface area (Å²) < 4.78 is 0. The number of carboxylic acid groups (broad SMARTS) is 1. The number of rotatable bonds is 3. The van der Waals surface area contributed by atoms with Gasteiger partial charge in [0.15, 0.2) is 0 Å². The van der Waals surface area contributed by atoms with Crippen LogP contribution in [0.2, 0.25) is 0 Å². The van der Waals surface area contributed by atoms with Crippen molar-refractivity contribution in [1.82, 2.24) is 9.97 Å². The van der Waals surface area contributed by atoms with Gasteiger partial charge in [0.2, 0.25) is 5.79 Å². The molecule has 0 aliphatic rings. The van der Waals surface area contributed by atoms with Crippen LogP contribution in [0.25, 0.3) is 0 Å². The highest BCUT2D eigenvalue weighted by Crippen LogP contribution is 2.18. The number of aliphatic carboxylic acids is 1. The molecule has 0 radical (unpaired) electrons. The molecule has 1 aromatic rings. The Morgan fingerprint density at radius 2 is 2.33 bits per heavy atom. The summed E-state index contributed by atoms with van der Waals surface area (Å²) in [6.45, 7) is 0. The molecule has 12 heavy (non-hydrogen) atoms. The SMILES string of the molecule is O=C(O)CC(O)(O)c1cnc[nH]1. The van der Waals surface area contributed by atoms with Crippen molar-refractivity contribution in [3.05, 3.63) is 18.2 Å². The summed E-state index contributed by atoms with van der Waals surface area (Å²) in [5.41, 5.74) is -0.0371. The van der Waals surface area contributed by atoms with Gasteiger partial charge in [0.1, 0.15) is 6.42 Å². The Bertz CT molecular complexity index is 267. The molecule has 0 aliphatic carbocycles. The fraction of sp³-hybridized carbons (Fsp3) is 0.333. The van der Waals surface area contributed by atoms with Crippen molar-refractivity contribution < 1.29 is 20.1 Å². The first-order valence-corrected chi connectivity index (χ1v) is 3.18. The van der Waals surface area contributed by atoms with E-state index >= 15 is 0 Å². The van der Waals surface area contributed by atoms with Crippen LogP contribution in [-0.4, -0.2) is 31.3 Å². The summed E-state index contributed by atoms with van der Waals surface area (Å²) in [7, 11) is 0. The normalized spacial score (nSPS) is 11.5. The Labute approximate surface area is 67.5 Å². The highest BCUT2D eigenvalue weighted by molar-refractivity contribution is 5.67. The quantitative estimate of drug-likeness (QED) is 0.438. The van der Waals surface area contributed by atoms with Crippen molar-refractivity contribution >= 4 is 5.97 Å². The second kappa shape index (κ2) is 2.92. The van der Waals surface area contributed by atoms with Crippen LogP contribution in [-0.2, 0) is 10.6 Å². The smallest absolute Gasteiger partial charge is 0.309 e. The Balaban J connectivity index is 2.79. The fourth-order valence-corrected chi connectivity index (χ4v) is 0.781. The van der Waals surface area contributed by atoms with E-state index in [1.165, 1.54) is 6.33 Å². The van der Waals surface area contributed by atoms with E-state index in [1.54, 1.807) is 0 Å². The average Bonchev–Trinajstić information content (AvgIpc) is 2.32. The van der Waals surface area contributed by atoms with Gasteiger partial charge in [-0.15, -0.1) is 0 Å². The van der Waals surface area contributed by atoms with Crippen LogP contribution in [0.4, 0.5) is 0 Å². The number of imidazole rings is 1. The molecular formula is C6H8N2O4. The standard InChI is InChI=1S/C6H8N2O4/c9-5(10)1-6(11,12)4-2-7-3-8-4/h2-3,11-12H,1H2,(H,7,8)(H,9,10). The van der Waals surface area contributed by atoms with Gasteiger partial charge in [-0.05, 0) is 0 Å². The molecule has 0 saturated carbocycles. The molecule has 0 bridgehead atoms. The highest BCUT2D eigenvalue weighted by atomic mass is 16.5. The molecule has 0 aliphatic heterocycles. The molecule has 0 saturated heterocycles. The maximum Gasteiger partial charge on any atom is 0.309 e. The molecule has 1 rings (SSSR count). The number of nitrogens with one attached hydrogen (secondary N) is 1. The van der Waals surface area contributed by atoms with Crippen LogP contribution in [0.1, 0.15) is 12.1 Å². The zero-order chi connectivity index (χ0) is 9.19. The predicted octanol–water partition coefficient (Wildman–Crippen LogP) is -0.978. The van der Waals surface area contributed by atoms with E-state index in [2.05, 4.69) is 9.97 Å². The van der Waals surface area contributed by atoms with E-state index in [1.807, 2.05) is 0 Å². The second-order valence-corrected chi connectivity index (χ2v) is 2.35. The lowest BCUT2D eigenvalue weighted by Gasteiger charge is -2.16. The second-order valence-electron chi connectivity index (χ2n) is 2.35. The lowest BCUT2D eigenvalue weighted by atomic mass is 10.1. The predicted molar refractivity (Wildman–Crippen MR) is 37.0 cm³/mol. The van der Waals surface area contributed by atoms with E-state index in [9.17, 15) is 4.79 Å². The molecule has 66 valence electrons. The number of aromatic nitrogens is 2. The van der Waals surface area contributed by atoms with Crippen LogP contribution in [0.5, 0.6) is 0 Å². The summed E-state index contributed by atoms with van der Waals surface area (Å²) in [6.07, 6.45) is 1.61. The number of nitrogens with zero attached hydrogens (tertiary/aromatic N) is 1. The van der Waals surface area contributed by atoms with Crippen molar-refractivity contribution in [2.24, 2.45) is 0 Å². The minimum atomic E-state index is -2.37. The number of carboxylic acids is 1. The Morgan fingerprint density at radius 3 is 2.75 bits per heavy atom. The van der Waals surface area contributed by atoms with Crippen LogP contribution in [0.3, 0.4) is 0 Å². The summed E-state index contributed by atoms with van der Waals surface area (Å²) in [5, 5.41) is 26.6. The molecule has 0 unspecified atom stereocenters. The Kier molecular flexibility index (Phi) is 2.11. The van der Waals surface area contributed by atoms with Gasteiger partial charge in [-0.25, -0.2) is 4.98 Å². The number of hydrogen-bond donors (Lipinski definition) is 4. The molecule has 4 N–H and O–H groups in total. The minimum Gasteiger partial charge on any atom is -0.481 e. The van der Waals surface area contributed by atoms with E-state index in [-0.39, 0.29) is 5.69 Å². The summed E-state index contributed by atoms with van der Waals surface area (Å²) in [6, 6.07) is 0. The van der Waals surface area contributed by atoms with Crippen molar-refractivity contribution in [2.75, 3.05) is 0 Å². The average molecular weight is 172 g/mol. The van der Waals surface area contributed by atoms with Crippen LogP contribution in [0.15, 0.2) is 12.5 Å². The first-order valence-electron chi connectivity index (χ1n) is 3.18. The maximum atomic E-state index is 10.2. The lowest BCUT2D eigenvalue weighted by Crippen LogP contribution is -2.28. The van der Waals surface area contributed by atoms with Gasteiger partial charge in [-0.1, -0.05) is 0 Å². The molecule has 0 amide bonds. The zero-order valence-electron chi connectivity index (χ0n) is 6.06. The van der Waals surface area contributed by atoms with E-state index in [0.717, 1.165) is 6.20 Å². The number of aromatic amines is 1. The summed E-state index contributed by atoms with van der Waals surface area (Å²) >= 11 is 0. The maximum absolute atomic E-state index is 10.2. The van der Waals surface area contributed by atoms with Gasteiger partial charge in [-0.2, -0.15) is 0 Å². The molecule has 1 aromatic heterocycles. The molecule has 0 aromatic carbocycles. The van der Waals surface area contributed by atoms with E-state index in [4.69, 9.17) is 15.3 Å². The number of carbonyl (C=O) groups is 1. The first kappa shape index (κ1) is 8.69. The third kappa shape index (κ3) is 1.80. The van der Waals surface area contributed by atoms with Crippen molar-refractivity contribution in [2.45, 2.75) is 12.2 Å². The van der Waals surface area contributed by atoms with Gasteiger partial charge in [0.05, 0.1) is 18.2 Å². The van der Waals surface area contributed by atoms with Gasteiger partial charge in [0, 0.05) is 0 Å². The third-order valence-electron chi connectivity index (χ3n) is 1.33. The topological polar surface area (TPSA) is 106 Å². The van der Waals surface area contributed by atoms with Crippen LogP contribution in [0, 0.1) is 0 Å². The van der Waals surface area contributed by atoms with E-state index < -0.39 is 18.2 Å². The number of hydrogen-bond acceptors (Lipinski definition) is 4. The van der Waals surface area contributed by atoms with E-state index in [0.29, 0.717) is 0 Å². The Morgan fingerprint density at radius 1 is 1.67 bits per heavy atom. The molecule has 0 spiro atoms. The van der Waals surface area contributed by atoms with Gasteiger partial charge in [0.25, 0.3) is 0 Å². The van der Waals surface area contributed by atoms with Crippen molar-refractivity contribution in [3.63, 3.8) is 0 Å². The third-order valence-corrected chi connectivity index (χ3v) is 1.33. The highest BCUT2D eigenvalue weighted by Gasteiger charge is 2.30. The molecule has 0 fully saturated rings. The molecular weight excluding hydrogens is 164 g/mol. The monoisotopic (exact) mass is 172 g/mol. The molecule has 6 heteroatoms. The van der Waals surface area contributed by atoms with Crippen LogP contribution >= 0.6 is 0 Å². The minimum absolute atomic E-state index is 0.0371.